The van der Waals surface area contributed by atoms with E-state index in [2.05, 4.69) is 27.8 Å². The third kappa shape index (κ3) is 9.15. The van der Waals surface area contributed by atoms with Gasteiger partial charge in [-0.15, -0.1) is 0 Å². The molecule has 0 radical (unpaired) electrons. The van der Waals surface area contributed by atoms with Gasteiger partial charge in [0.05, 0.1) is 5.82 Å². The first-order chi connectivity index (χ1) is 14.1. The van der Waals surface area contributed by atoms with Crippen LogP contribution in [0.2, 0.25) is 0 Å². The van der Waals surface area contributed by atoms with Gasteiger partial charge in [-0.1, -0.05) is 25.8 Å². The van der Waals surface area contributed by atoms with Gasteiger partial charge in [0.15, 0.2) is 0 Å². The SMILES string of the molecule is C=C(N)NCCC[C@H](NC(=O)[C@@H](NC(C)=O)C1CCCCC1)C(=O)N[C@@H](C)C(N)=O. The van der Waals surface area contributed by atoms with Gasteiger partial charge in [-0.2, -0.15) is 0 Å². The fourth-order valence-corrected chi connectivity index (χ4v) is 3.55. The summed E-state index contributed by atoms with van der Waals surface area (Å²) in [4.78, 5) is 48.6. The van der Waals surface area contributed by atoms with Gasteiger partial charge < -0.3 is 32.7 Å². The average molecular weight is 425 g/mol. The van der Waals surface area contributed by atoms with Crippen molar-refractivity contribution in [2.75, 3.05) is 6.54 Å². The highest BCUT2D eigenvalue weighted by Gasteiger charge is 2.33. The molecule has 3 atom stereocenters. The van der Waals surface area contributed by atoms with Crippen LogP contribution < -0.4 is 32.7 Å². The number of carbonyl (C=O) groups excluding carboxylic acids is 4. The van der Waals surface area contributed by atoms with Gasteiger partial charge in [0.25, 0.3) is 0 Å². The van der Waals surface area contributed by atoms with Crippen LogP contribution in [0, 0.1) is 5.92 Å². The third-order valence-corrected chi connectivity index (χ3v) is 5.20. The molecule has 0 aromatic carbocycles. The second-order valence-corrected chi connectivity index (χ2v) is 7.86. The van der Waals surface area contributed by atoms with E-state index in [0.717, 1.165) is 32.1 Å². The maximum absolute atomic E-state index is 13.0. The predicted molar refractivity (Wildman–Crippen MR) is 113 cm³/mol. The molecule has 0 bridgehead atoms. The molecule has 8 N–H and O–H groups in total. The Morgan fingerprint density at radius 2 is 1.63 bits per heavy atom. The lowest BCUT2D eigenvalue weighted by Gasteiger charge is -2.31. The van der Waals surface area contributed by atoms with E-state index in [0.29, 0.717) is 25.2 Å². The van der Waals surface area contributed by atoms with Crippen LogP contribution in [0.1, 0.15) is 58.8 Å². The summed E-state index contributed by atoms with van der Waals surface area (Å²) in [7, 11) is 0. The Balaban J connectivity index is 2.86. The number of nitrogens with two attached hydrogens (primary N) is 2. The van der Waals surface area contributed by atoms with Crippen LogP contribution in [-0.4, -0.2) is 48.3 Å². The standard InChI is InChI=1S/C20H36N6O4/c1-12(18(22)28)24-19(29)16(10-7-11-23-13(2)21)26-20(30)17(25-14(3)27)15-8-5-4-6-9-15/h12,15-17,23H,2,4-11,21H2,1,3H3,(H2,22,28)(H,24,29)(H,25,27)(H,26,30)/t12-,16-,17-/m0/s1. The minimum Gasteiger partial charge on any atom is -0.386 e. The number of hydrogen-bond donors (Lipinski definition) is 6. The first-order valence-corrected chi connectivity index (χ1v) is 10.5. The molecule has 0 heterocycles. The van der Waals surface area contributed by atoms with Crippen LogP contribution >= 0.6 is 0 Å². The minimum absolute atomic E-state index is 0.0261. The van der Waals surface area contributed by atoms with Crippen LogP contribution in [0.4, 0.5) is 0 Å². The zero-order valence-corrected chi connectivity index (χ0v) is 18.0. The highest BCUT2D eigenvalue weighted by molar-refractivity contribution is 5.93. The zero-order valence-electron chi connectivity index (χ0n) is 18.0. The van der Waals surface area contributed by atoms with Crippen molar-refractivity contribution in [3.63, 3.8) is 0 Å². The van der Waals surface area contributed by atoms with Crippen molar-refractivity contribution in [2.45, 2.75) is 76.9 Å². The van der Waals surface area contributed by atoms with Gasteiger partial charge >= 0.3 is 0 Å². The predicted octanol–water partition coefficient (Wildman–Crippen LogP) is -0.654. The van der Waals surface area contributed by atoms with Crippen molar-refractivity contribution in [3.05, 3.63) is 12.4 Å². The summed E-state index contributed by atoms with van der Waals surface area (Å²) in [5.74, 6) is -1.54. The van der Waals surface area contributed by atoms with Crippen molar-refractivity contribution in [3.8, 4) is 0 Å². The molecular formula is C20H36N6O4. The van der Waals surface area contributed by atoms with Gasteiger partial charge in [0.1, 0.15) is 18.1 Å². The lowest BCUT2D eigenvalue weighted by Crippen LogP contribution is -2.57. The van der Waals surface area contributed by atoms with E-state index in [-0.39, 0.29) is 11.8 Å². The highest BCUT2D eigenvalue weighted by Crippen LogP contribution is 2.26. The highest BCUT2D eigenvalue weighted by atomic mass is 16.2. The van der Waals surface area contributed by atoms with Crippen LogP contribution in [0.5, 0.6) is 0 Å². The molecule has 1 fully saturated rings. The largest absolute Gasteiger partial charge is 0.386 e. The first kappa shape index (κ1) is 25.3. The Morgan fingerprint density at radius 1 is 1.00 bits per heavy atom. The van der Waals surface area contributed by atoms with Crippen LogP contribution in [0.3, 0.4) is 0 Å². The molecule has 0 aromatic rings. The van der Waals surface area contributed by atoms with Gasteiger partial charge in [-0.25, -0.2) is 0 Å². The van der Waals surface area contributed by atoms with Crippen molar-refractivity contribution < 1.29 is 19.2 Å². The molecule has 0 spiro atoms. The van der Waals surface area contributed by atoms with Gasteiger partial charge in [-0.05, 0) is 38.5 Å². The lowest BCUT2D eigenvalue weighted by atomic mass is 9.83. The summed E-state index contributed by atoms with van der Waals surface area (Å²) in [5, 5.41) is 10.9. The van der Waals surface area contributed by atoms with E-state index in [1.54, 1.807) is 0 Å². The first-order valence-electron chi connectivity index (χ1n) is 10.5. The summed E-state index contributed by atoms with van der Waals surface area (Å²) in [6.45, 7) is 6.85. The third-order valence-electron chi connectivity index (χ3n) is 5.20. The average Bonchev–Trinajstić information content (AvgIpc) is 2.68. The van der Waals surface area contributed by atoms with Gasteiger partial charge in [-0.3, -0.25) is 19.2 Å². The quantitative estimate of drug-likeness (QED) is 0.227. The van der Waals surface area contributed by atoms with E-state index >= 15 is 0 Å². The maximum Gasteiger partial charge on any atom is 0.243 e. The zero-order chi connectivity index (χ0) is 22.7. The van der Waals surface area contributed by atoms with Crippen LogP contribution in [0.15, 0.2) is 12.4 Å². The summed E-state index contributed by atoms with van der Waals surface area (Å²) in [6, 6.07) is -2.45. The fourth-order valence-electron chi connectivity index (χ4n) is 3.55. The molecule has 1 saturated carbocycles. The van der Waals surface area contributed by atoms with Gasteiger partial charge in [0, 0.05) is 13.5 Å². The minimum atomic E-state index is -0.882. The fraction of sp³-hybridized carbons (Fsp3) is 0.700. The summed E-state index contributed by atoms with van der Waals surface area (Å²) in [5.41, 5.74) is 10.7. The van der Waals surface area contributed by atoms with Crippen LogP contribution in [0.25, 0.3) is 0 Å². The summed E-state index contributed by atoms with van der Waals surface area (Å²) < 4.78 is 0. The number of carbonyl (C=O) groups is 4. The maximum atomic E-state index is 13.0. The van der Waals surface area contributed by atoms with Crippen molar-refractivity contribution in [1.29, 1.82) is 0 Å². The molecule has 10 nitrogen and oxygen atoms in total. The molecule has 170 valence electrons. The summed E-state index contributed by atoms with van der Waals surface area (Å²) >= 11 is 0. The Kier molecular flexibility index (Phi) is 10.7. The van der Waals surface area contributed by atoms with E-state index in [4.69, 9.17) is 11.5 Å². The molecular weight excluding hydrogens is 388 g/mol. The van der Waals surface area contributed by atoms with Gasteiger partial charge in [0.2, 0.25) is 23.6 Å². The summed E-state index contributed by atoms with van der Waals surface area (Å²) in [6.07, 6.45) is 5.63. The normalized spacial score (nSPS) is 17.1. The Bertz CT molecular complexity index is 633. The van der Waals surface area contributed by atoms with Crippen molar-refractivity contribution in [1.82, 2.24) is 21.3 Å². The Hall–Kier alpha value is -2.78. The van der Waals surface area contributed by atoms with E-state index in [1.807, 2.05) is 0 Å². The monoisotopic (exact) mass is 424 g/mol. The molecule has 0 saturated heterocycles. The van der Waals surface area contributed by atoms with Crippen LogP contribution in [-0.2, 0) is 19.2 Å². The second kappa shape index (κ2) is 12.7. The Labute approximate surface area is 178 Å². The van der Waals surface area contributed by atoms with Crippen molar-refractivity contribution >= 4 is 23.6 Å². The molecule has 0 aromatic heterocycles. The molecule has 10 heteroatoms. The smallest absolute Gasteiger partial charge is 0.243 e. The topological polar surface area (TPSA) is 168 Å². The molecule has 4 amide bonds. The lowest BCUT2D eigenvalue weighted by molar-refractivity contribution is -0.134. The number of hydrogen-bond acceptors (Lipinski definition) is 6. The van der Waals surface area contributed by atoms with E-state index < -0.39 is 35.8 Å². The van der Waals surface area contributed by atoms with E-state index in [1.165, 1.54) is 13.8 Å². The number of nitrogens with one attached hydrogen (secondary N) is 4. The second-order valence-electron chi connectivity index (χ2n) is 7.86. The number of primary amides is 1. The molecule has 1 aliphatic carbocycles. The van der Waals surface area contributed by atoms with E-state index in [9.17, 15) is 19.2 Å². The Morgan fingerprint density at radius 3 is 2.17 bits per heavy atom. The number of amides is 4. The molecule has 1 rings (SSSR count). The van der Waals surface area contributed by atoms with Crippen molar-refractivity contribution in [2.24, 2.45) is 17.4 Å². The molecule has 0 unspecified atom stereocenters. The number of rotatable bonds is 12. The molecule has 30 heavy (non-hydrogen) atoms. The molecule has 1 aliphatic rings. The molecule has 0 aliphatic heterocycles.